The SMILES string of the molecule is C(#CC(C#Cc1ccccc1)c1ccccc1)c1ccccc1. The molecule has 3 aromatic carbocycles. The second-order valence-corrected chi connectivity index (χ2v) is 5.11. The van der Waals surface area contributed by atoms with E-state index in [4.69, 9.17) is 0 Å². The van der Waals surface area contributed by atoms with Crippen LogP contribution in [0.4, 0.5) is 0 Å². The number of hydrogen-bond acceptors (Lipinski definition) is 0. The van der Waals surface area contributed by atoms with Gasteiger partial charge >= 0.3 is 0 Å². The van der Waals surface area contributed by atoms with E-state index in [9.17, 15) is 0 Å². The molecule has 0 aliphatic rings. The van der Waals surface area contributed by atoms with Gasteiger partial charge in [0.2, 0.25) is 0 Å². The lowest BCUT2D eigenvalue weighted by Gasteiger charge is -2.03. The molecule has 0 fully saturated rings. The molecule has 0 amide bonds. The fraction of sp³-hybridized carbons (Fsp3) is 0.0435. The van der Waals surface area contributed by atoms with Crippen LogP contribution in [-0.2, 0) is 0 Å². The molecule has 3 aromatic rings. The average molecular weight is 292 g/mol. The summed E-state index contributed by atoms with van der Waals surface area (Å²) in [6.45, 7) is 0. The van der Waals surface area contributed by atoms with E-state index in [-0.39, 0.29) is 5.92 Å². The first-order chi connectivity index (χ1) is 11.4. The number of hydrogen-bond donors (Lipinski definition) is 0. The Hall–Kier alpha value is -3.22. The molecule has 0 atom stereocenters. The first-order valence-corrected chi connectivity index (χ1v) is 7.60. The van der Waals surface area contributed by atoms with Gasteiger partial charge in [-0.1, -0.05) is 90.4 Å². The Bertz CT molecular complexity index is 797. The van der Waals surface area contributed by atoms with Crippen LogP contribution >= 0.6 is 0 Å². The predicted octanol–water partition coefficient (Wildman–Crippen LogP) is 4.87. The molecule has 0 bridgehead atoms. The van der Waals surface area contributed by atoms with E-state index in [2.05, 4.69) is 35.8 Å². The minimum absolute atomic E-state index is 0.100. The normalized spacial score (nSPS) is 9.43. The van der Waals surface area contributed by atoms with E-state index < -0.39 is 0 Å². The molecule has 0 unspecified atom stereocenters. The molecule has 0 N–H and O–H groups in total. The van der Waals surface area contributed by atoms with Crippen LogP contribution in [0.2, 0.25) is 0 Å². The third-order valence-electron chi connectivity index (χ3n) is 3.40. The maximum Gasteiger partial charge on any atom is 0.107 e. The third-order valence-corrected chi connectivity index (χ3v) is 3.40. The molecular formula is C23H16. The second kappa shape index (κ2) is 7.69. The molecule has 0 saturated carbocycles. The molecule has 0 heteroatoms. The smallest absolute Gasteiger partial charge is 0.0764 e. The maximum absolute atomic E-state index is 3.30. The summed E-state index contributed by atoms with van der Waals surface area (Å²) in [5, 5.41) is 0. The molecule has 23 heavy (non-hydrogen) atoms. The summed E-state index contributed by atoms with van der Waals surface area (Å²) in [5.41, 5.74) is 3.14. The van der Waals surface area contributed by atoms with Gasteiger partial charge < -0.3 is 0 Å². The average Bonchev–Trinajstić information content (AvgIpc) is 2.64. The minimum Gasteiger partial charge on any atom is -0.0764 e. The van der Waals surface area contributed by atoms with E-state index >= 15 is 0 Å². The molecule has 3 rings (SSSR count). The standard InChI is InChI=1S/C23H16/c1-4-10-20(11-5-1)16-18-23(22-14-8-3-9-15-22)19-17-21-12-6-2-7-13-21/h1-15,23H. The van der Waals surface area contributed by atoms with Crippen LogP contribution in [0.3, 0.4) is 0 Å². The Morgan fingerprint density at radius 3 is 1.30 bits per heavy atom. The Morgan fingerprint density at radius 2 is 0.870 bits per heavy atom. The highest BCUT2D eigenvalue weighted by Gasteiger charge is 2.03. The van der Waals surface area contributed by atoms with Gasteiger partial charge in [0.05, 0.1) is 0 Å². The van der Waals surface area contributed by atoms with Gasteiger partial charge in [-0.25, -0.2) is 0 Å². The highest BCUT2D eigenvalue weighted by molar-refractivity contribution is 5.45. The summed E-state index contributed by atoms with van der Waals surface area (Å²) >= 11 is 0. The largest absolute Gasteiger partial charge is 0.107 e. The van der Waals surface area contributed by atoms with Crippen molar-refractivity contribution < 1.29 is 0 Å². The molecule has 0 radical (unpaired) electrons. The molecule has 0 spiro atoms. The van der Waals surface area contributed by atoms with Crippen molar-refractivity contribution in [3.8, 4) is 23.7 Å². The van der Waals surface area contributed by atoms with Crippen molar-refractivity contribution in [1.82, 2.24) is 0 Å². The lowest BCUT2D eigenvalue weighted by Crippen LogP contribution is -1.92. The van der Waals surface area contributed by atoms with Gasteiger partial charge in [-0.05, 0) is 29.8 Å². The molecule has 0 nitrogen and oxygen atoms in total. The van der Waals surface area contributed by atoms with Gasteiger partial charge in [0.1, 0.15) is 5.92 Å². The molecule has 0 aromatic heterocycles. The van der Waals surface area contributed by atoms with Crippen LogP contribution < -0.4 is 0 Å². The van der Waals surface area contributed by atoms with Crippen LogP contribution in [-0.4, -0.2) is 0 Å². The Kier molecular flexibility index (Phi) is 4.92. The van der Waals surface area contributed by atoms with Gasteiger partial charge in [0, 0.05) is 11.1 Å². The first-order valence-electron chi connectivity index (χ1n) is 7.60. The summed E-state index contributed by atoms with van der Waals surface area (Å²) in [6, 6.07) is 30.2. The van der Waals surface area contributed by atoms with Crippen LogP contribution in [0.15, 0.2) is 91.0 Å². The molecule has 108 valence electrons. The second-order valence-electron chi connectivity index (χ2n) is 5.11. The zero-order chi connectivity index (χ0) is 15.7. The van der Waals surface area contributed by atoms with Gasteiger partial charge in [-0.15, -0.1) is 0 Å². The van der Waals surface area contributed by atoms with Crippen LogP contribution in [0.5, 0.6) is 0 Å². The molecule has 0 saturated heterocycles. The Morgan fingerprint density at radius 1 is 0.478 bits per heavy atom. The third kappa shape index (κ3) is 4.37. The van der Waals surface area contributed by atoms with Crippen LogP contribution in [0.25, 0.3) is 0 Å². The van der Waals surface area contributed by atoms with E-state index in [1.54, 1.807) is 0 Å². The van der Waals surface area contributed by atoms with Crippen LogP contribution in [0, 0.1) is 23.7 Å². The van der Waals surface area contributed by atoms with Gasteiger partial charge in [0.15, 0.2) is 0 Å². The fourth-order valence-corrected chi connectivity index (χ4v) is 2.20. The topological polar surface area (TPSA) is 0 Å². The summed E-state index contributed by atoms with van der Waals surface area (Å²) < 4.78 is 0. The van der Waals surface area contributed by atoms with Crippen molar-refractivity contribution in [2.75, 3.05) is 0 Å². The van der Waals surface area contributed by atoms with Gasteiger partial charge in [-0.2, -0.15) is 0 Å². The maximum atomic E-state index is 3.30. The molecule has 0 heterocycles. The Labute approximate surface area is 137 Å². The van der Waals surface area contributed by atoms with E-state index in [1.807, 2.05) is 78.9 Å². The first kappa shape index (κ1) is 14.7. The lowest BCUT2D eigenvalue weighted by molar-refractivity contribution is 1.17. The van der Waals surface area contributed by atoms with E-state index in [0.717, 1.165) is 16.7 Å². The fourth-order valence-electron chi connectivity index (χ4n) is 2.20. The molecular weight excluding hydrogens is 276 g/mol. The number of rotatable bonds is 1. The van der Waals surface area contributed by atoms with Crippen molar-refractivity contribution in [2.24, 2.45) is 0 Å². The van der Waals surface area contributed by atoms with Crippen LogP contribution in [0.1, 0.15) is 22.6 Å². The predicted molar refractivity (Wildman–Crippen MR) is 95.8 cm³/mol. The van der Waals surface area contributed by atoms with Crippen molar-refractivity contribution in [2.45, 2.75) is 5.92 Å². The highest BCUT2D eigenvalue weighted by Crippen LogP contribution is 2.14. The molecule has 0 aliphatic heterocycles. The van der Waals surface area contributed by atoms with Crippen molar-refractivity contribution >= 4 is 0 Å². The molecule has 0 aliphatic carbocycles. The highest BCUT2D eigenvalue weighted by atomic mass is 14.0. The summed E-state index contributed by atoms with van der Waals surface area (Å²) in [4.78, 5) is 0. The van der Waals surface area contributed by atoms with Crippen molar-refractivity contribution in [3.63, 3.8) is 0 Å². The van der Waals surface area contributed by atoms with E-state index in [1.165, 1.54) is 0 Å². The minimum atomic E-state index is -0.100. The van der Waals surface area contributed by atoms with Gasteiger partial charge in [-0.3, -0.25) is 0 Å². The van der Waals surface area contributed by atoms with Gasteiger partial charge in [0.25, 0.3) is 0 Å². The van der Waals surface area contributed by atoms with Crippen molar-refractivity contribution in [1.29, 1.82) is 0 Å². The lowest BCUT2D eigenvalue weighted by atomic mass is 9.99. The zero-order valence-corrected chi connectivity index (χ0v) is 12.7. The zero-order valence-electron chi connectivity index (χ0n) is 12.7. The summed E-state index contributed by atoms with van der Waals surface area (Å²) in [6.07, 6.45) is 0. The summed E-state index contributed by atoms with van der Waals surface area (Å²) in [5.74, 6) is 13.0. The quantitative estimate of drug-likeness (QED) is 0.561. The van der Waals surface area contributed by atoms with Crippen molar-refractivity contribution in [3.05, 3.63) is 108 Å². The monoisotopic (exact) mass is 292 g/mol. The van der Waals surface area contributed by atoms with E-state index in [0.29, 0.717) is 0 Å². The Balaban J connectivity index is 1.93. The number of benzene rings is 3. The summed E-state index contributed by atoms with van der Waals surface area (Å²) in [7, 11) is 0.